The smallest absolute Gasteiger partial charge is 0.270 e. The monoisotopic (exact) mass is 227 g/mol. The van der Waals surface area contributed by atoms with Crippen LogP contribution in [0.5, 0.6) is 0 Å². The zero-order chi connectivity index (χ0) is 11.3. The molecule has 4 nitrogen and oxygen atoms in total. The maximum Gasteiger partial charge on any atom is 0.270 e. The van der Waals surface area contributed by atoms with E-state index in [1.165, 1.54) is 11.3 Å². The molecule has 0 fully saturated rings. The van der Waals surface area contributed by atoms with E-state index in [1.807, 2.05) is 0 Å². The molecule has 0 atom stereocenters. The zero-order valence-corrected chi connectivity index (χ0v) is 9.93. The van der Waals surface area contributed by atoms with Crippen molar-refractivity contribution in [1.29, 1.82) is 0 Å². The van der Waals surface area contributed by atoms with Crippen molar-refractivity contribution in [3.05, 3.63) is 11.1 Å². The van der Waals surface area contributed by atoms with E-state index in [4.69, 9.17) is 5.73 Å². The summed E-state index contributed by atoms with van der Waals surface area (Å²) in [7, 11) is 0. The molecule has 1 rings (SSSR count). The lowest BCUT2D eigenvalue weighted by atomic mass is 10.1. The Morgan fingerprint density at radius 2 is 2.40 bits per heavy atom. The van der Waals surface area contributed by atoms with Crippen LogP contribution in [-0.2, 0) is 0 Å². The number of carbonyl (C=O) groups is 1. The highest BCUT2D eigenvalue weighted by Gasteiger charge is 2.08. The molecule has 15 heavy (non-hydrogen) atoms. The van der Waals surface area contributed by atoms with Crippen molar-refractivity contribution < 1.29 is 4.79 Å². The van der Waals surface area contributed by atoms with Crippen LogP contribution in [0.1, 0.15) is 37.2 Å². The van der Waals surface area contributed by atoms with Crippen molar-refractivity contribution in [1.82, 2.24) is 10.3 Å². The number of nitrogen functional groups attached to an aromatic ring is 1. The van der Waals surface area contributed by atoms with Crippen LogP contribution in [0.2, 0.25) is 0 Å². The maximum atomic E-state index is 11.5. The van der Waals surface area contributed by atoms with Crippen molar-refractivity contribution in [2.24, 2.45) is 5.92 Å². The number of hydrogen-bond acceptors (Lipinski definition) is 4. The van der Waals surface area contributed by atoms with E-state index in [2.05, 4.69) is 24.1 Å². The van der Waals surface area contributed by atoms with Gasteiger partial charge in [-0.25, -0.2) is 4.98 Å². The minimum absolute atomic E-state index is 0.133. The lowest BCUT2D eigenvalue weighted by molar-refractivity contribution is 0.0948. The van der Waals surface area contributed by atoms with Crippen LogP contribution in [0.25, 0.3) is 0 Å². The fourth-order valence-electron chi connectivity index (χ4n) is 1.19. The van der Waals surface area contributed by atoms with Gasteiger partial charge in [-0.1, -0.05) is 13.8 Å². The van der Waals surface area contributed by atoms with Crippen LogP contribution in [0.3, 0.4) is 0 Å². The van der Waals surface area contributed by atoms with Crippen LogP contribution in [-0.4, -0.2) is 17.4 Å². The van der Waals surface area contributed by atoms with E-state index < -0.39 is 0 Å². The average molecular weight is 227 g/mol. The van der Waals surface area contributed by atoms with E-state index in [-0.39, 0.29) is 5.91 Å². The first-order chi connectivity index (χ1) is 7.09. The first kappa shape index (κ1) is 12.0. The van der Waals surface area contributed by atoms with Gasteiger partial charge in [0, 0.05) is 11.9 Å². The fraction of sp³-hybridized carbons (Fsp3) is 0.600. The summed E-state index contributed by atoms with van der Waals surface area (Å²) in [5, 5.41) is 4.92. The second kappa shape index (κ2) is 5.70. The van der Waals surface area contributed by atoms with Gasteiger partial charge in [-0.2, -0.15) is 0 Å². The highest BCUT2D eigenvalue weighted by molar-refractivity contribution is 7.13. The Morgan fingerprint density at radius 1 is 1.67 bits per heavy atom. The molecule has 84 valence electrons. The van der Waals surface area contributed by atoms with Gasteiger partial charge in [-0.15, -0.1) is 11.3 Å². The Balaban J connectivity index is 2.25. The molecule has 0 saturated heterocycles. The molecule has 1 amide bonds. The summed E-state index contributed by atoms with van der Waals surface area (Å²) >= 11 is 1.28. The maximum absolute atomic E-state index is 11.5. The summed E-state index contributed by atoms with van der Waals surface area (Å²) < 4.78 is 0. The van der Waals surface area contributed by atoms with Crippen molar-refractivity contribution in [2.45, 2.75) is 26.7 Å². The molecule has 0 spiro atoms. The van der Waals surface area contributed by atoms with Crippen LogP contribution < -0.4 is 11.1 Å². The van der Waals surface area contributed by atoms with E-state index >= 15 is 0 Å². The number of aromatic nitrogens is 1. The van der Waals surface area contributed by atoms with Crippen LogP contribution in [0, 0.1) is 5.92 Å². The van der Waals surface area contributed by atoms with E-state index in [9.17, 15) is 4.79 Å². The summed E-state index contributed by atoms with van der Waals surface area (Å²) in [5.41, 5.74) is 5.86. The largest absolute Gasteiger partial charge is 0.375 e. The number of anilines is 1. The number of hydrogen-bond donors (Lipinski definition) is 2. The predicted molar refractivity (Wildman–Crippen MR) is 62.9 cm³/mol. The standard InChI is InChI=1S/C10H17N3OS/c1-7(2)4-3-5-12-9(14)8-6-15-10(11)13-8/h6-7H,3-5H2,1-2H3,(H2,11,13)(H,12,14). The highest BCUT2D eigenvalue weighted by Crippen LogP contribution is 2.10. The Kier molecular flexibility index (Phi) is 4.55. The molecular weight excluding hydrogens is 210 g/mol. The van der Waals surface area contributed by atoms with Gasteiger partial charge in [0.25, 0.3) is 5.91 Å². The van der Waals surface area contributed by atoms with Gasteiger partial charge in [0.1, 0.15) is 5.69 Å². The summed E-state index contributed by atoms with van der Waals surface area (Å²) in [6.45, 7) is 5.04. The topological polar surface area (TPSA) is 68.0 Å². The zero-order valence-electron chi connectivity index (χ0n) is 9.12. The lowest BCUT2D eigenvalue weighted by Crippen LogP contribution is -2.24. The highest BCUT2D eigenvalue weighted by atomic mass is 32.1. The Hall–Kier alpha value is -1.10. The van der Waals surface area contributed by atoms with E-state index in [0.29, 0.717) is 23.3 Å². The average Bonchev–Trinajstić information content (AvgIpc) is 2.59. The molecule has 0 radical (unpaired) electrons. The normalized spacial score (nSPS) is 10.6. The van der Waals surface area contributed by atoms with E-state index in [1.54, 1.807) is 5.38 Å². The Labute approximate surface area is 93.9 Å². The molecular formula is C10H17N3OS. The molecule has 5 heteroatoms. The molecule has 1 aromatic heterocycles. The van der Waals surface area contributed by atoms with Gasteiger partial charge in [-0.05, 0) is 18.8 Å². The number of nitrogens with one attached hydrogen (secondary N) is 1. The number of nitrogens with two attached hydrogens (primary N) is 1. The third-order valence-electron chi connectivity index (χ3n) is 2.00. The van der Waals surface area contributed by atoms with Crippen molar-refractivity contribution in [3.63, 3.8) is 0 Å². The first-order valence-electron chi connectivity index (χ1n) is 5.09. The molecule has 1 aromatic rings. The SMILES string of the molecule is CC(C)CCCNC(=O)c1csc(N)n1. The van der Waals surface area contributed by atoms with Gasteiger partial charge in [-0.3, -0.25) is 4.79 Å². The second-order valence-corrected chi connectivity index (χ2v) is 4.75. The Morgan fingerprint density at radius 3 is 2.93 bits per heavy atom. The van der Waals surface area contributed by atoms with Gasteiger partial charge in [0.05, 0.1) is 0 Å². The molecule has 3 N–H and O–H groups in total. The molecule has 0 aromatic carbocycles. The first-order valence-corrected chi connectivity index (χ1v) is 5.96. The van der Waals surface area contributed by atoms with Gasteiger partial charge < -0.3 is 11.1 Å². The summed E-state index contributed by atoms with van der Waals surface area (Å²) in [6, 6.07) is 0. The van der Waals surface area contributed by atoms with Gasteiger partial charge in [0.2, 0.25) is 0 Å². The predicted octanol–water partition coefficient (Wildman–Crippen LogP) is 1.89. The Bertz CT molecular complexity index is 322. The third-order valence-corrected chi connectivity index (χ3v) is 2.67. The van der Waals surface area contributed by atoms with Crippen molar-refractivity contribution in [3.8, 4) is 0 Å². The van der Waals surface area contributed by atoms with E-state index in [0.717, 1.165) is 12.8 Å². The number of amides is 1. The van der Waals surface area contributed by atoms with Crippen LogP contribution >= 0.6 is 11.3 Å². The molecule has 1 heterocycles. The van der Waals surface area contributed by atoms with Crippen molar-refractivity contribution in [2.75, 3.05) is 12.3 Å². The minimum Gasteiger partial charge on any atom is -0.375 e. The number of rotatable bonds is 5. The molecule has 0 aliphatic rings. The molecule has 0 aliphatic heterocycles. The lowest BCUT2D eigenvalue weighted by Gasteiger charge is -2.05. The summed E-state index contributed by atoms with van der Waals surface area (Å²) in [5.74, 6) is 0.545. The minimum atomic E-state index is -0.133. The third kappa shape index (κ3) is 4.29. The number of nitrogens with zero attached hydrogens (tertiary/aromatic N) is 1. The van der Waals surface area contributed by atoms with Gasteiger partial charge >= 0.3 is 0 Å². The van der Waals surface area contributed by atoms with Crippen LogP contribution in [0.4, 0.5) is 5.13 Å². The van der Waals surface area contributed by atoms with Crippen LogP contribution in [0.15, 0.2) is 5.38 Å². The number of carbonyl (C=O) groups excluding carboxylic acids is 1. The summed E-state index contributed by atoms with van der Waals surface area (Å²) in [6.07, 6.45) is 2.13. The summed E-state index contributed by atoms with van der Waals surface area (Å²) in [4.78, 5) is 15.4. The molecule has 0 unspecified atom stereocenters. The quantitative estimate of drug-likeness (QED) is 0.755. The molecule has 0 saturated carbocycles. The molecule has 0 aliphatic carbocycles. The fourth-order valence-corrected chi connectivity index (χ4v) is 1.74. The van der Waals surface area contributed by atoms with Gasteiger partial charge in [0.15, 0.2) is 5.13 Å². The second-order valence-electron chi connectivity index (χ2n) is 3.86. The number of thiazole rings is 1. The van der Waals surface area contributed by atoms with Crippen molar-refractivity contribution >= 4 is 22.4 Å². The molecule has 0 bridgehead atoms.